The monoisotopic (exact) mass is 504 g/mol. The Bertz CT molecular complexity index is 1770. The Morgan fingerprint density at radius 2 is 1.74 bits per heavy atom. The van der Waals surface area contributed by atoms with Gasteiger partial charge in [0.1, 0.15) is 17.0 Å². The number of para-hydroxylation sites is 2. The molecule has 1 aliphatic rings. The summed E-state index contributed by atoms with van der Waals surface area (Å²) in [6.07, 6.45) is 2.08. The van der Waals surface area contributed by atoms with Crippen LogP contribution in [0, 0.1) is 13.8 Å². The maximum atomic E-state index is 13.2. The molecule has 3 aromatic heterocycles. The summed E-state index contributed by atoms with van der Waals surface area (Å²) in [5.41, 5.74) is 7.10. The fourth-order valence-corrected chi connectivity index (χ4v) is 4.79. The van der Waals surface area contributed by atoms with Crippen LogP contribution in [0.25, 0.3) is 21.8 Å². The van der Waals surface area contributed by atoms with E-state index in [4.69, 9.17) is 9.15 Å². The Labute approximate surface area is 218 Å². The van der Waals surface area contributed by atoms with Gasteiger partial charge in [-0.1, -0.05) is 42.5 Å². The van der Waals surface area contributed by atoms with E-state index in [-0.39, 0.29) is 11.5 Å². The highest BCUT2D eigenvalue weighted by Gasteiger charge is 2.29. The molecule has 0 aliphatic heterocycles. The number of pyridine rings is 2. The number of rotatable bonds is 4. The van der Waals surface area contributed by atoms with Gasteiger partial charge in [0.2, 0.25) is 5.76 Å². The first-order valence-corrected chi connectivity index (χ1v) is 12.4. The van der Waals surface area contributed by atoms with Gasteiger partial charge < -0.3 is 9.15 Å². The molecule has 1 amide bonds. The van der Waals surface area contributed by atoms with E-state index in [0.29, 0.717) is 41.1 Å². The van der Waals surface area contributed by atoms with Crippen LogP contribution in [0.2, 0.25) is 0 Å². The molecule has 0 fully saturated rings. The third-order valence-corrected chi connectivity index (χ3v) is 6.66. The van der Waals surface area contributed by atoms with Gasteiger partial charge in [-0.15, -0.1) is 0 Å². The van der Waals surface area contributed by atoms with Gasteiger partial charge in [-0.2, -0.15) is 5.10 Å². The highest BCUT2D eigenvalue weighted by molar-refractivity contribution is 6.07. The average molecular weight is 505 g/mol. The van der Waals surface area contributed by atoms with Crippen LogP contribution in [-0.4, -0.2) is 27.6 Å². The van der Waals surface area contributed by atoms with Gasteiger partial charge in [0.05, 0.1) is 11.2 Å². The van der Waals surface area contributed by atoms with Crippen LogP contribution >= 0.6 is 0 Å². The Balaban J connectivity index is 1.26. The normalized spacial score (nSPS) is 14.0. The van der Waals surface area contributed by atoms with Crippen molar-refractivity contribution in [3.8, 4) is 5.75 Å². The highest BCUT2D eigenvalue weighted by atomic mass is 16.5. The maximum Gasteiger partial charge on any atom is 0.380 e. The Hall–Kier alpha value is -4.85. The van der Waals surface area contributed by atoms with E-state index in [9.17, 15) is 9.59 Å². The Kier molecular flexibility index (Phi) is 5.92. The van der Waals surface area contributed by atoms with Crippen molar-refractivity contribution in [1.82, 2.24) is 15.4 Å². The number of benzene rings is 2. The molecule has 5 aromatic rings. The first kappa shape index (κ1) is 23.5. The minimum atomic E-state index is -0.601. The lowest BCUT2D eigenvalue weighted by molar-refractivity contribution is 0.0700. The number of nitrogens with zero attached hydrogens (tertiary/aromatic N) is 3. The molecule has 8 nitrogen and oxygen atoms in total. The quantitative estimate of drug-likeness (QED) is 0.192. The second-order valence-electron chi connectivity index (χ2n) is 9.27. The van der Waals surface area contributed by atoms with Crippen LogP contribution < -0.4 is 10.2 Å². The summed E-state index contributed by atoms with van der Waals surface area (Å²) in [5.74, 6) is 0.140. The van der Waals surface area contributed by atoms with Crippen LogP contribution in [-0.2, 0) is 6.42 Å². The number of esters is 1. The predicted molar refractivity (Wildman–Crippen MR) is 144 cm³/mol. The molecule has 0 unspecified atom stereocenters. The van der Waals surface area contributed by atoms with Gasteiger partial charge in [-0.25, -0.2) is 20.2 Å². The number of hydrogen-bond acceptors (Lipinski definition) is 7. The molecule has 0 radical (unpaired) electrons. The molecule has 38 heavy (non-hydrogen) atoms. The zero-order chi connectivity index (χ0) is 26.2. The predicted octanol–water partition coefficient (Wildman–Crippen LogP) is 5.68. The summed E-state index contributed by atoms with van der Waals surface area (Å²) in [6.45, 7) is 3.69. The first-order valence-electron chi connectivity index (χ1n) is 12.4. The van der Waals surface area contributed by atoms with Crippen molar-refractivity contribution in [2.24, 2.45) is 5.10 Å². The molecule has 1 N–H and O–H groups in total. The molecular formula is C30H24N4O4. The van der Waals surface area contributed by atoms with Crippen molar-refractivity contribution >= 4 is 39.4 Å². The van der Waals surface area contributed by atoms with Crippen molar-refractivity contribution in [3.05, 3.63) is 101 Å². The van der Waals surface area contributed by atoms with Crippen molar-refractivity contribution < 1.29 is 18.7 Å². The first-order chi connectivity index (χ1) is 18.5. The Morgan fingerprint density at radius 3 is 2.63 bits per heavy atom. The van der Waals surface area contributed by atoms with Crippen LogP contribution in [0.15, 0.2) is 76.2 Å². The molecule has 188 valence electrons. The van der Waals surface area contributed by atoms with Gasteiger partial charge in [0.15, 0.2) is 5.75 Å². The second kappa shape index (κ2) is 9.55. The van der Waals surface area contributed by atoms with Gasteiger partial charge >= 0.3 is 5.97 Å². The molecule has 0 saturated carbocycles. The fourth-order valence-electron chi connectivity index (χ4n) is 4.79. The molecular weight excluding hydrogens is 480 g/mol. The van der Waals surface area contributed by atoms with Gasteiger partial charge in [0, 0.05) is 34.0 Å². The molecule has 8 heteroatoms. The van der Waals surface area contributed by atoms with E-state index in [1.54, 1.807) is 19.1 Å². The summed E-state index contributed by atoms with van der Waals surface area (Å²) in [6, 6.07) is 20.4. The lowest BCUT2D eigenvalue weighted by Crippen LogP contribution is -2.23. The zero-order valence-corrected chi connectivity index (χ0v) is 20.9. The van der Waals surface area contributed by atoms with E-state index >= 15 is 0 Å². The number of carbonyl (C=O) groups excluding carboxylic acids is 2. The van der Waals surface area contributed by atoms with Crippen molar-refractivity contribution in [2.75, 3.05) is 0 Å². The van der Waals surface area contributed by atoms with Crippen molar-refractivity contribution in [1.29, 1.82) is 0 Å². The number of nitrogens with one attached hydrogen (secondary N) is 1. The smallest absolute Gasteiger partial charge is 0.380 e. The number of hydrogen-bond donors (Lipinski definition) is 1. The number of ether oxygens (including phenoxy) is 1. The minimum absolute atomic E-state index is 0.122. The zero-order valence-electron chi connectivity index (χ0n) is 20.9. The van der Waals surface area contributed by atoms with Crippen LogP contribution in [0.3, 0.4) is 0 Å². The van der Waals surface area contributed by atoms with E-state index in [1.165, 1.54) is 0 Å². The number of amides is 1. The SMILES string of the molecule is Cc1ccc2cccc(OC(=O)c3oc4c(c3C)/C(=N/NC(=O)c3ccc5ccccc5n3)CCC4)c2n1. The van der Waals surface area contributed by atoms with Crippen LogP contribution in [0.1, 0.15) is 56.5 Å². The number of furan rings is 1. The summed E-state index contributed by atoms with van der Waals surface area (Å²) in [7, 11) is 0. The summed E-state index contributed by atoms with van der Waals surface area (Å²) in [5, 5.41) is 6.24. The van der Waals surface area contributed by atoms with E-state index in [0.717, 1.165) is 34.0 Å². The molecule has 3 heterocycles. The van der Waals surface area contributed by atoms with Gasteiger partial charge in [0.25, 0.3) is 5.91 Å². The lowest BCUT2D eigenvalue weighted by atomic mass is 9.93. The summed E-state index contributed by atoms with van der Waals surface area (Å²) >= 11 is 0. The van der Waals surface area contributed by atoms with Crippen LogP contribution in [0.5, 0.6) is 5.75 Å². The summed E-state index contributed by atoms with van der Waals surface area (Å²) in [4.78, 5) is 34.9. The highest BCUT2D eigenvalue weighted by Crippen LogP contribution is 2.31. The third kappa shape index (κ3) is 4.30. The van der Waals surface area contributed by atoms with Crippen molar-refractivity contribution in [2.45, 2.75) is 33.1 Å². The molecule has 0 saturated heterocycles. The van der Waals surface area contributed by atoms with Crippen molar-refractivity contribution in [3.63, 3.8) is 0 Å². The lowest BCUT2D eigenvalue weighted by Gasteiger charge is -2.13. The van der Waals surface area contributed by atoms with E-state index in [1.807, 2.05) is 61.5 Å². The number of aromatic nitrogens is 2. The summed E-state index contributed by atoms with van der Waals surface area (Å²) < 4.78 is 11.7. The molecule has 0 bridgehead atoms. The fraction of sp³-hybridized carbons (Fsp3) is 0.167. The Morgan fingerprint density at radius 1 is 0.921 bits per heavy atom. The van der Waals surface area contributed by atoms with E-state index < -0.39 is 11.9 Å². The van der Waals surface area contributed by atoms with Gasteiger partial charge in [-0.05, 0) is 51.0 Å². The minimum Gasteiger partial charge on any atom is -0.453 e. The topological polar surface area (TPSA) is 107 Å². The number of aryl methyl sites for hydroxylation is 2. The van der Waals surface area contributed by atoms with Gasteiger partial charge in [-0.3, -0.25) is 4.79 Å². The average Bonchev–Trinajstić information content (AvgIpc) is 3.28. The van der Waals surface area contributed by atoms with Crippen LogP contribution in [0.4, 0.5) is 0 Å². The largest absolute Gasteiger partial charge is 0.453 e. The molecule has 0 atom stereocenters. The second-order valence-corrected chi connectivity index (χ2v) is 9.27. The molecule has 6 rings (SSSR count). The standard InChI is InChI=1S/C30H24N4O4/c1-17-13-14-20-8-5-12-25(27(20)31-17)38-30(36)28-18(2)26-22(10-6-11-24(26)37-28)33-34-29(35)23-16-15-19-7-3-4-9-21(19)32-23/h3-5,7-9,12-16H,6,10-11H2,1-2H3,(H,34,35)/b33-22+. The molecule has 1 aliphatic carbocycles. The van der Waals surface area contributed by atoms with E-state index in [2.05, 4.69) is 20.5 Å². The number of hydrazone groups is 1. The molecule has 0 spiro atoms. The number of fused-ring (bicyclic) bond motifs is 3. The maximum absolute atomic E-state index is 13.2. The molecule has 2 aromatic carbocycles. The third-order valence-electron chi connectivity index (χ3n) is 6.66. The number of carbonyl (C=O) groups is 2.